The number of para-hydroxylation sites is 1. The number of anilines is 1. The van der Waals surface area contributed by atoms with Crippen molar-refractivity contribution in [3.63, 3.8) is 0 Å². The Labute approximate surface area is 124 Å². The SMILES string of the molecule is COc1ccccc1C1(CNc2cccc(F)n2)CCC1. The monoisotopic (exact) mass is 286 g/mol. The van der Waals surface area contributed by atoms with Crippen LogP contribution in [0.2, 0.25) is 0 Å². The van der Waals surface area contributed by atoms with Gasteiger partial charge in [-0.1, -0.05) is 30.7 Å². The maximum atomic E-state index is 13.2. The van der Waals surface area contributed by atoms with E-state index in [9.17, 15) is 4.39 Å². The molecule has 0 saturated heterocycles. The number of pyridine rings is 1. The van der Waals surface area contributed by atoms with E-state index in [0.29, 0.717) is 5.82 Å². The zero-order valence-electron chi connectivity index (χ0n) is 12.1. The molecule has 0 aliphatic heterocycles. The van der Waals surface area contributed by atoms with Gasteiger partial charge in [0, 0.05) is 17.5 Å². The highest BCUT2D eigenvalue weighted by atomic mass is 19.1. The van der Waals surface area contributed by atoms with Crippen LogP contribution in [0.15, 0.2) is 42.5 Å². The minimum Gasteiger partial charge on any atom is -0.496 e. The highest BCUT2D eigenvalue weighted by molar-refractivity contribution is 5.44. The van der Waals surface area contributed by atoms with E-state index in [1.807, 2.05) is 18.2 Å². The third-order valence-electron chi connectivity index (χ3n) is 4.31. The summed E-state index contributed by atoms with van der Waals surface area (Å²) in [5, 5.41) is 3.27. The summed E-state index contributed by atoms with van der Waals surface area (Å²) in [5.74, 6) is 1.04. The lowest BCUT2D eigenvalue weighted by Gasteiger charge is -2.43. The van der Waals surface area contributed by atoms with Gasteiger partial charge in [0.25, 0.3) is 0 Å². The molecule has 0 atom stereocenters. The molecule has 1 saturated carbocycles. The van der Waals surface area contributed by atoms with Crippen molar-refractivity contribution in [2.24, 2.45) is 0 Å². The van der Waals surface area contributed by atoms with Gasteiger partial charge in [-0.05, 0) is 31.0 Å². The lowest BCUT2D eigenvalue weighted by molar-refractivity contribution is 0.250. The minimum absolute atomic E-state index is 0.0562. The van der Waals surface area contributed by atoms with E-state index in [4.69, 9.17) is 4.74 Å². The lowest BCUT2D eigenvalue weighted by atomic mass is 9.64. The number of ether oxygens (including phenoxy) is 1. The number of hydrogen-bond donors (Lipinski definition) is 1. The molecule has 21 heavy (non-hydrogen) atoms. The van der Waals surface area contributed by atoms with Crippen molar-refractivity contribution in [2.75, 3.05) is 19.0 Å². The Balaban J connectivity index is 1.81. The third-order valence-corrected chi connectivity index (χ3v) is 4.31. The molecule has 1 N–H and O–H groups in total. The maximum Gasteiger partial charge on any atom is 0.214 e. The van der Waals surface area contributed by atoms with Gasteiger partial charge in [0.15, 0.2) is 0 Å². The average molecular weight is 286 g/mol. The van der Waals surface area contributed by atoms with Gasteiger partial charge in [0.2, 0.25) is 5.95 Å². The van der Waals surface area contributed by atoms with Gasteiger partial charge in [-0.3, -0.25) is 0 Å². The molecule has 1 aromatic carbocycles. The zero-order valence-corrected chi connectivity index (χ0v) is 12.1. The first-order chi connectivity index (χ1) is 10.2. The van der Waals surface area contributed by atoms with Gasteiger partial charge >= 0.3 is 0 Å². The van der Waals surface area contributed by atoms with E-state index in [-0.39, 0.29) is 5.41 Å². The number of methoxy groups -OCH3 is 1. The summed E-state index contributed by atoms with van der Waals surface area (Å²) in [5.41, 5.74) is 1.28. The fourth-order valence-electron chi connectivity index (χ4n) is 2.99. The number of rotatable bonds is 5. The summed E-state index contributed by atoms with van der Waals surface area (Å²) in [4.78, 5) is 3.86. The summed E-state index contributed by atoms with van der Waals surface area (Å²) in [6, 6.07) is 13.0. The van der Waals surface area contributed by atoms with E-state index < -0.39 is 5.95 Å². The standard InChI is InChI=1S/C17H19FN2O/c1-21-14-7-3-2-6-13(14)17(10-5-11-17)12-19-16-9-4-8-15(18)20-16/h2-4,6-9H,5,10-12H2,1H3,(H,19,20). The number of nitrogens with zero attached hydrogens (tertiary/aromatic N) is 1. The minimum atomic E-state index is -0.458. The van der Waals surface area contributed by atoms with Crippen LogP contribution in [0.1, 0.15) is 24.8 Å². The van der Waals surface area contributed by atoms with Crippen LogP contribution in [-0.4, -0.2) is 18.6 Å². The van der Waals surface area contributed by atoms with E-state index in [1.54, 1.807) is 19.2 Å². The summed E-state index contributed by atoms with van der Waals surface area (Å²) in [6.07, 6.45) is 3.42. The first-order valence-corrected chi connectivity index (χ1v) is 7.23. The molecule has 0 unspecified atom stereocenters. The first kappa shape index (κ1) is 13.9. The van der Waals surface area contributed by atoms with Gasteiger partial charge in [-0.2, -0.15) is 4.39 Å². The van der Waals surface area contributed by atoms with Crippen LogP contribution in [0.4, 0.5) is 10.2 Å². The zero-order chi connectivity index (χ0) is 14.7. The predicted molar refractivity (Wildman–Crippen MR) is 81.2 cm³/mol. The van der Waals surface area contributed by atoms with Crippen molar-refractivity contribution in [1.29, 1.82) is 0 Å². The topological polar surface area (TPSA) is 34.1 Å². The quantitative estimate of drug-likeness (QED) is 0.850. The molecule has 1 aromatic heterocycles. The van der Waals surface area contributed by atoms with Crippen molar-refractivity contribution in [3.8, 4) is 5.75 Å². The second-order valence-corrected chi connectivity index (χ2v) is 5.53. The second kappa shape index (κ2) is 5.72. The molecule has 2 aromatic rings. The van der Waals surface area contributed by atoms with Crippen LogP contribution in [0.3, 0.4) is 0 Å². The number of nitrogens with one attached hydrogen (secondary N) is 1. The molecular formula is C17H19FN2O. The molecule has 1 heterocycles. The fraction of sp³-hybridized carbons (Fsp3) is 0.353. The van der Waals surface area contributed by atoms with Crippen molar-refractivity contribution in [3.05, 3.63) is 54.0 Å². The average Bonchev–Trinajstić information content (AvgIpc) is 2.47. The molecule has 1 fully saturated rings. The fourth-order valence-corrected chi connectivity index (χ4v) is 2.99. The molecule has 110 valence electrons. The van der Waals surface area contributed by atoms with Crippen molar-refractivity contribution >= 4 is 5.82 Å². The molecule has 0 amide bonds. The van der Waals surface area contributed by atoms with Crippen LogP contribution >= 0.6 is 0 Å². The van der Waals surface area contributed by atoms with Crippen molar-refractivity contribution in [2.45, 2.75) is 24.7 Å². The Bertz CT molecular complexity index is 626. The van der Waals surface area contributed by atoms with Crippen LogP contribution in [0.25, 0.3) is 0 Å². The van der Waals surface area contributed by atoms with Crippen LogP contribution in [0.5, 0.6) is 5.75 Å². The van der Waals surface area contributed by atoms with Gasteiger partial charge < -0.3 is 10.1 Å². The molecule has 4 heteroatoms. The van der Waals surface area contributed by atoms with E-state index in [0.717, 1.165) is 25.1 Å². The number of benzene rings is 1. The Morgan fingerprint density at radius 2 is 2.00 bits per heavy atom. The molecule has 3 nitrogen and oxygen atoms in total. The van der Waals surface area contributed by atoms with Gasteiger partial charge in [0.1, 0.15) is 11.6 Å². The molecular weight excluding hydrogens is 267 g/mol. The molecule has 0 spiro atoms. The van der Waals surface area contributed by atoms with E-state index >= 15 is 0 Å². The predicted octanol–water partition coefficient (Wildman–Crippen LogP) is 3.76. The van der Waals surface area contributed by atoms with Crippen molar-refractivity contribution < 1.29 is 9.13 Å². The summed E-state index contributed by atoms with van der Waals surface area (Å²) < 4.78 is 18.6. The smallest absolute Gasteiger partial charge is 0.214 e. The Morgan fingerprint density at radius 3 is 2.67 bits per heavy atom. The molecule has 0 radical (unpaired) electrons. The summed E-state index contributed by atoms with van der Waals surface area (Å²) >= 11 is 0. The van der Waals surface area contributed by atoms with Crippen LogP contribution in [-0.2, 0) is 5.41 Å². The Morgan fingerprint density at radius 1 is 1.19 bits per heavy atom. The molecule has 0 bridgehead atoms. The van der Waals surface area contributed by atoms with Gasteiger partial charge in [-0.15, -0.1) is 0 Å². The Hall–Kier alpha value is -2.10. The highest BCUT2D eigenvalue weighted by Crippen LogP contribution is 2.47. The third kappa shape index (κ3) is 2.71. The summed E-state index contributed by atoms with van der Waals surface area (Å²) in [6.45, 7) is 0.740. The van der Waals surface area contributed by atoms with Crippen LogP contribution < -0.4 is 10.1 Å². The second-order valence-electron chi connectivity index (χ2n) is 5.53. The summed E-state index contributed by atoms with van der Waals surface area (Å²) in [7, 11) is 1.70. The molecule has 1 aliphatic rings. The van der Waals surface area contributed by atoms with E-state index in [1.165, 1.54) is 18.1 Å². The maximum absolute atomic E-state index is 13.2. The molecule has 1 aliphatic carbocycles. The van der Waals surface area contributed by atoms with Gasteiger partial charge in [0.05, 0.1) is 7.11 Å². The highest BCUT2D eigenvalue weighted by Gasteiger charge is 2.40. The van der Waals surface area contributed by atoms with Gasteiger partial charge in [-0.25, -0.2) is 4.98 Å². The first-order valence-electron chi connectivity index (χ1n) is 7.23. The largest absolute Gasteiger partial charge is 0.496 e. The number of aromatic nitrogens is 1. The number of halogens is 1. The normalized spacial score (nSPS) is 16.1. The lowest BCUT2D eigenvalue weighted by Crippen LogP contribution is -2.41. The van der Waals surface area contributed by atoms with Crippen molar-refractivity contribution in [1.82, 2.24) is 4.98 Å². The van der Waals surface area contributed by atoms with E-state index in [2.05, 4.69) is 16.4 Å². The molecule has 3 rings (SSSR count). The van der Waals surface area contributed by atoms with Crippen LogP contribution in [0, 0.1) is 5.95 Å². The Kier molecular flexibility index (Phi) is 3.78. The number of hydrogen-bond acceptors (Lipinski definition) is 3.